The van der Waals surface area contributed by atoms with E-state index in [0.717, 1.165) is 22.1 Å². The molecule has 0 saturated heterocycles. The molecule has 118 valence electrons. The first-order valence-corrected chi connectivity index (χ1v) is 7.60. The van der Waals surface area contributed by atoms with Gasteiger partial charge in [-0.15, -0.1) is 0 Å². The highest BCUT2D eigenvalue weighted by Crippen LogP contribution is 2.37. The summed E-state index contributed by atoms with van der Waals surface area (Å²) >= 11 is 0. The van der Waals surface area contributed by atoms with Gasteiger partial charge in [0.2, 0.25) is 0 Å². The molecule has 4 nitrogen and oxygen atoms in total. The van der Waals surface area contributed by atoms with E-state index in [2.05, 4.69) is 0 Å². The molecule has 2 aromatic heterocycles. The molecule has 4 rings (SSSR count). The summed E-state index contributed by atoms with van der Waals surface area (Å²) in [6.07, 6.45) is 3.49. The van der Waals surface area contributed by atoms with E-state index in [0.29, 0.717) is 16.9 Å². The van der Waals surface area contributed by atoms with Crippen LogP contribution in [-0.2, 0) is 0 Å². The van der Waals surface area contributed by atoms with E-state index in [9.17, 15) is 4.79 Å². The molecule has 0 aliphatic carbocycles. The predicted octanol–water partition coefficient (Wildman–Crippen LogP) is 4.98. The molecule has 0 aliphatic heterocycles. The number of fused-ring (bicyclic) bond motifs is 2. The highest BCUT2D eigenvalue weighted by molar-refractivity contribution is 6.01. The topological polar surface area (TPSA) is 52.6 Å². The number of ether oxygens (including phenoxy) is 1. The van der Waals surface area contributed by atoms with Crippen LogP contribution in [0.3, 0.4) is 0 Å². The third-order valence-electron chi connectivity index (χ3n) is 3.84. The van der Waals surface area contributed by atoms with Gasteiger partial charge < -0.3 is 13.6 Å². The molecule has 0 fully saturated rings. The van der Waals surface area contributed by atoms with Gasteiger partial charge in [0.05, 0.1) is 17.0 Å². The molecule has 0 saturated carbocycles. The SMILES string of the molecule is C/C=C(\Oc1c2ccoc2cc2oc(=O)ccc12)c1ccccc1. The molecule has 0 aliphatic rings. The average molecular weight is 318 g/mol. The van der Waals surface area contributed by atoms with Gasteiger partial charge in [0.25, 0.3) is 0 Å². The fraction of sp³-hybridized carbons (Fsp3) is 0.0500. The maximum Gasteiger partial charge on any atom is 0.336 e. The minimum atomic E-state index is -0.409. The minimum Gasteiger partial charge on any atom is -0.464 e. The van der Waals surface area contributed by atoms with E-state index in [1.54, 1.807) is 18.4 Å². The third-order valence-corrected chi connectivity index (χ3v) is 3.84. The van der Waals surface area contributed by atoms with Crippen LogP contribution in [0.25, 0.3) is 27.7 Å². The van der Waals surface area contributed by atoms with Gasteiger partial charge in [0.1, 0.15) is 22.7 Å². The van der Waals surface area contributed by atoms with Crippen molar-refractivity contribution in [2.75, 3.05) is 0 Å². The second-order valence-electron chi connectivity index (χ2n) is 5.33. The van der Waals surface area contributed by atoms with Crippen LogP contribution in [0, 0.1) is 0 Å². The summed E-state index contributed by atoms with van der Waals surface area (Å²) in [7, 11) is 0. The standard InChI is InChI=1S/C20H14O4/c1-2-16(13-6-4-3-5-7-13)24-20-14-8-9-19(21)23-18(14)12-17-15(20)10-11-22-17/h2-12H,1H3/b16-2-. The Kier molecular flexibility index (Phi) is 3.43. The number of allylic oxidation sites excluding steroid dienone is 1. The molecule has 0 spiro atoms. The van der Waals surface area contributed by atoms with Gasteiger partial charge in [-0.05, 0) is 25.1 Å². The van der Waals surface area contributed by atoms with Crippen LogP contribution in [0.15, 0.2) is 80.6 Å². The van der Waals surface area contributed by atoms with Crippen molar-refractivity contribution in [1.29, 1.82) is 0 Å². The lowest BCUT2D eigenvalue weighted by molar-refractivity contribution is 0.519. The maximum atomic E-state index is 11.5. The van der Waals surface area contributed by atoms with Crippen LogP contribution < -0.4 is 10.4 Å². The Balaban J connectivity index is 1.94. The molecule has 4 aromatic rings. The fourth-order valence-corrected chi connectivity index (χ4v) is 2.72. The quantitative estimate of drug-likeness (QED) is 0.395. The summed E-state index contributed by atoms with van der Waals surface area (Å²) < 4.78 is 17.0. The highest BCUT2D eigenvalue weighted by Gasteiger charge is 2.15. The van der Waals surface area contributed by atoms with Crippen LogP contribution in [0.4, 0.5) is 0 Å². The van der Waals surface area contributed by atoms with Crippen molar-refractivity contribution >= 4 is 27.7 Å². The van der Waals surface area contributed by atoms with E-state index in [-0.39, 0.29) is 0 Å². The van der Waals surface area contributed by atoms with Gasteiger partial charge in [0, 0.05) is 17.7 Å². The summed E-state index contributed by atoms with van der Waals surface area (Å²) in [5.74, 6) is 1.33. The highest BCUT2D eigenvalue weighted by atomic mass is 16.5. The first-order chi connectivity index (χ1) is 11.8. The van der Waals surface area contributed by atoms with Gasteiger partial charge in [-0.1, -0.05) is 30.3 Å². The van der Waals surface area contributed by atoms with Gasteiger partial charge in [0.15, 0.2) is 0 Å². The van der Waals surface area contributed by atoms with Crippen LogP contribution in [0.1, 0.15) is 12.5 Å². The van der Waals surface area contributed by atoms with Crippen LogP contribution in [-0.4, -0.2) is 0 Å². The van der Waals surface area contributed by atoms with E-state index >= 15 is 0 Å². The molecule has 0 N–H and O–H groups in total. The summed E-state index contributed by atoms with van der Waals surface area (Å²) in [6, 6.07) is 16.5. The Morgan fingerprint density at radius 3 is 2.58 bits per heavy atom. The molecule has 0 atom stereocenters. The summed E-state index contributed by atoms with van der Waals surface area (Å²) in [5, 5.41) is 1.55. The first-order valence-electron chi connectivity index (χ1n) is 7.60. The van der Waals surface area contributed by atoms with E-state index in [1.807, 2.05) is 49.4 Å². The fourth-order valence-electron chi connectivity index (χ4n) is 2.72. The largest absolute Gasteiger partial charge is 0.464 e. The van der Waals surface area contributed by atoms with Crippen molar-refractivity contribution in [3.05, 3.63) is 82.9 Å². The van der Waals surface area contributed by atoms with Crippen molar-refractivity contribution in [1.82, 2.24) is 0 Å². The Hall–Kier alpha value is -3.27. The Morgan fingerprint density at radius 2 is 1.79 bits per heavy atom. The Labute approximate surface area is 137 Å². The van der Waals surface area contributed by atoms with Crippen LogP contribution in [0.5, 0.6) is 5.75 Å². The van der Waals surface area contributed by atoms with E-state index < -0.39 is 5.63 Å². The number of rotatable bonds is 3. The molecule has 0 unspecified atom stereocenters. The van der Waals surface area contributed by atoms with E-state index in [4.69, 9.17) is 13.6 Å². The van der Waals surface area contributed by atoms with E-state index in [1.165, 1.54) is 6.07 Å². The van der Waals surface area contributed by atoms with Crippen molar-refractivity contribution in [3.8, 4) is 5.75 Å². The third kappa shape index (κ3) is 2.38. The normalized spacial score (nSPS) is 12.0. The monoisotopic (exact) mass is 318 g/mol. The molecule has 2 aromatic carbocycles. The lowest BCUT2D eigenvalue weighted by Gasteiger charge is -2.13. The second-order valence-corrected chi connectivity index (χ2v) is 5.33. The van der Waals surface area contributed by atoms with Crippen molar-refractivity contribution in [2.45, 2.75) is 6.92 Å². The zero-order chi connectivity index (χ0) is 16.5. The second kappa shape index (κ2) is 5.74. The lowest BCUT2D eigenvalue weighted by Crippen LogP contribution is -1.98. The maximum absolute atomic E-state index is 11.5. The van der Waals surface area contributed by atoms with Crippen LogP contribution >= 0.6 is 0 Å². The molecule has 0 radical (unpaired) electrons. The molecular weight excluding hydrogens is 304 g/mol. The Morgan fingerprint density at radius 1 is 1.00 bits per heavy atom. The molecule has 0 bridgehead atoms. The van der Waals surface area contributed by atoms with Gasteiger partial charge in [-0.2, -0.15) is 0 Å². The molecule has 24 heavy (non-hydrogen) atoms. The van der Waals surface area contributed by atoms with Crippen molar-refractivity contribution in [2.24, 2.45) is 0 Å². The number of hydrogen-bond acceptors (Lipinski definition) is 4. The Bertz CT molecular complexity index is 1100. The zero-order valence-corrected chi connectivity index (χ0v) is 13.0. The summed E-state index contributed by atoms with van der Waals surface area (Å²) in [4.78, 5) is 11.5. The molecule has 0 amide bonds. The molecule has 4 heteroatoms. The van der Waals surface area contributed by atoms with Crippen molar-refractivity contribution < 1.29 is 13.6 Å². The number of hydrogen-bond donors (Lipinski definition) is 0. The first kappa shape index (κ1) is 14.3. The average Bonchev–Trinajstić information content (AvgIpc) is 3.07. The van der Waals surface area contributed by atoms with Gasteiger partial charge in [-0.25, -0.2) is 4.79 Å². The van der Waals surface area contributed by atoms with Crippen molar-refractivity contribution in [3.63, 3.8) is 0 Å². The zero-order valence-electron chi connectivity index (χ0n) is 13.0. The number of benzene rings is 2. The van der Waals surface area contributed by atoms with Gasteiger partial charge >= 0.3 is 5.63 Å². The molecular formula is C20H14O4. The predicted molar refractivity (Wildman–Crippen MR) is 93.0 cm³/mol. The van der Waals surface area contributed by atoms with Crippen LogP contribution in [0.2, 0.25) is 0 Å². The minimum absolute atomic E-state index is 0.409. The number of furan rings is 1. The summed E-state index contributed by atoms with van der Waals surface area (Å²) in [6.45, 7) is 1.92. The molecule has 2 heterocycles. The smallest absolute Gasteiger partial charge is 0.336 e. The lowest BCUT2D eigenvalue weighted by atomic mass is 10.1. The summed E-state index contributed by atoms with van der Waals surface area (Å²) in [5.41, 5.74) is 1.60. The van der Waals surface area contributed by atoms with Gasteiger partial charge in [-0.3, -0.25) is 0 Å².